The van der Waals surface area contributed by atoms with Crippen LogP contribution in [0.3, 0.4) is 0 Å². The molecule has 0 bridgehead atoms. The Morgan fingerprint density at radius 1 is 1.24 bits per heavy atom. The molecule has 0 spiro atoms. The molecule has 1 saturated heterocycles. The number of carbonyl (C=O) groups excluding carboxylic acids is 1. The maximum atomic E-state index is 11.7. The fraction of sp³-hybridized carbons (Fsp3) is 0.562. The summed E-state index contributed by atoms with van der Waals surface area (Å²) in [6, 6.07) is 9.79. The monoisotopic (exact) mass is 294 g/mol. The van der Waals surface area contributed by atoms with E-state index in [2.05, 4.69) is 0 Å². The van der Waals surface area contributed by atoms with E-state index in [4.69, 9.17) is 14.2 Å². The molecule has 0 aromatic heterocycles. The molecule has 5 heteroatoms. The number of hydrogen-bond acceptors (Lipinski definition) is 5. The van der Waals surface area contributed by atoms with Crippen molar-refractivity contribution in [2.45, 2.75) is 39.0 Å². The molecule has 0 radical (unpaired) electrons. The quantitative estimate of drug-likeness (QED) is 0.857. The predicted octanol–water partition coefficient (Wildman–Crippen LogP) is 1.73. The second-order valence-electron chi connectivity index (χ2n) is 5.45. The van der Waals surface area contributed by atoms with Crippen LogP contribution in [0.25, 0.3) is 0 Å². The minimum absolute atomic E-state index is 0.195. The zero-order valence-electron chi connectivity index (χ0n) is 12.6. The van der Waals surface area contributed by atoms with Gasteiger partial charge in [-0.25, -0.2) is 4.79 Å². The van der Waals surface area contributed by atoms with Gasteiger partial charge in [0.2, 0.25) is 0 Å². The summed E-state index contributed by atoms with van der Waals surface area (Å²) in [5, 5.41) is 9.97. The molecule has 5 nitrogen and oxygen atoms in total. The van der Waals surface area contributed by atoms with Gasteiger partial charge in [0.05, 0.1) is 19.8 Å². The summed E-state index contributed by atoms with van der Waals surface area (Å²) >= 11 is 0. The van der Waals surface area contributed by atoms with Crippen molar-refractivity contribution in [1.29, 1.82) is 0 Å². The maximum absolute atomic E-state index is 11.7. The van der Waals surface area contributed by atoms with E-state index in [1.165, 1.54) is 7.11 Å². The number of ether oxygens (including phenoxy) is 3. The number of benzene rings is 1. The first-order chi connectivity index (χ1) is 10.0. The average molecular weight is 294 g/mol. The second kappa shape index (κ2) is 7.02. The number of methoxy groups -OCH3 is 1. The molecule has 1 fully saturated rings. The molecule has 0 saturated carbocycles. The molecule has 21 heavy (non-hydrogen) atoms. The van der Waals surface area contributed by atoms with Crippen LogP contribution in [0.1, 0.15) is 19.4 Å². The number of hydrogen-bond donors (Lipinski definition) is 1. The van der Waals surface area contributed by atoms with Gasteiger partial charge in [-0.1, -0.05) is 44.2 Å². The van der Waals surface area contributed by atoms with Crippen molar-refractivity contribution in [2.75, 3.05) is 7.11 Å². The average Bonchev–Trinajstić information content (AvgIpc) is 2.51. The maximum Gasteiger partial charge on any atom is 0.335 e. The lowest BCUT2D eigenvalue weighted by atomic mass is 9.85. The largest absolute Gasteiger partial charge is 0.467 e. The van der Waals surface area contributed by atoms with E-state index in [1.807, 2.05) is 44.2 Å². The van der Waals surface area contributed by atoms with Crippen molar-refractivity contribution in [3.8, 4) is 0 Å². The minimum Gasteiger partial charge on any atom is -0.467 e. The third-order valence-corrected chi connectivity index (χ3v) is 3.97. The SMILES string of the molecule is COC(=O)C1OC(O)C(C)[C@@H](OCc2ccccc2)[C@H]1C. The normalized spacial score (nSPS) is 32.7. The van der Waals surface area contributed by atoms with Crippen molar-refractivity contribution in [2.24, 2.45) is 11.8 Å². The van der Waals surface area contributed by atoms with E-state index in [9.17, 15) is 9.90 Å². The van der Waals surface area contributed by atoms with Crippen molar-refractivity contribution in [3.63, 3.8) is 0 Å². The molecule has 5 atom stereocenters. The summed E-state index contributed by atoms with van der Waals surface area (Å²) in [6.07, 6.45) is -2.12. The lowest BCUT2D eigenvalue weighted by Gasteiger charge is -2.41. The highest BCUT2D eigenvalue weighted by atomic mass is 16.6. The fourth-order valence-corrected chi connectivity index (χ4v) is 2.67. The van der Waals surface area contributed by atoms with Gasteiger partial charge in [0.25, 0.3) is 0 Å². The molecule has 1 aliphatic rings. The highest BCUT2D eigenvalue weighted by Crippen LogP contribution is 2.32. The third kappa shape index (κ3) is 3.61. The van der Waals surface area contributed by atoms with Crippen LogP contribution in [-0.2, 0) is 25.6 Å². The zero-order valence-corrected chi connectivity index (χ0v) is 12.6. The van der Waals surface area contributed by atoms with Crippen LogP contribution in [0, 0.1) is 11.8 Å². The molecule has 2 rings (SSSR count). The van der Waals surface area contributed by atoms with Gasteiger partial charge in [0.1, 0.15) is 0 Å². The number of rotatable bonds is 4. The summed E-state index contributed by atoms with van der Waals surface area (Å²) in [6.45, 7) is 4.16. The highest BCUT2D eigenvalue weighted by Gasteiger charge is 2.45. The van der Waals surface area contributed by atoms with E-state index >= 15 is 0 Å². The first kappa shape index (κ1) is 15.9. The Morgan fingerprint density at radius 3 is 2.52 bits per heavy atom. The van der Waals surface area contributed by atoms with E-state index in [1.54, 1.807) is 0 Å². The van der Waals surface area contributed by atoms with Crippen LogP contribution in [0.15, 0.2) is 30.3 Å². The van der Waals surface area contributed by atoms with Gasteiger partial charge in [-0.05, 0) is 5.56 Å². The predicted molar refractivity (Wildman–Crippen MR) is 76.2 cm³/mol. The smallest absolute Gasteiger partial charge is 0.335 e. The summed E-state index contributed by atoms with van der Waals surface area (Å²) in [7, 11) is 1.31. The highest BCUT2D eigenvalue weighted by molar-refractivity contribution is 5.75. The third-order valence-electron chi connectivity index (χ3n) is 3.97. The Labute approximate surface area is 124 Å². The Balaban J connectivity index is 2.06. The van der Waals surface area contributed by atoms with Crippen LogP contribution in [0.2, 0.25) is 0 Å². The molecule has 1 N–H and O–H groups in total. The Morgan fingerprint density at radius 2 is 1.90 bits per heavy atom. The fourth-order valence-electron chi connectivity index (χ4n) is 2.67. The van der Waals surface area contributed by atoms with E-state index in [0.717, 1.165) is 5.56 Å². The van der Waals surface area contributed by atoms with E-state index < -0.39 is 18.4 Å². The topological polar surface area (TPSA) is 65.0 Å². The Bertz CT molecular complexity index is 461. The number of carbonyl (C=O) groups is 1. The standard InChI is InChI=1S/C16H22O5/c1-10-13(20-9-12-7-5-4-6-8-12)11(2)15(17)21-14(10)16(18)19-3/h4-8,10-11,13-15,17H,9H2,1-3H3/t10-,11?,13+,14?,15?/m1/s1. The lowest BCUT2D eigenvalue weighted by molar-refractivity contribution is -0.254. The van der Waals surface area contributed by atoms with Gasteiger partial charge in [-0.2, -0.15) is 0 Å². The summed E-state index contributed by atoms with van der Waals surface area (Å²) in [4.78, 5) is 11.7. The molecular formula is C16H22O5. The van der Waals surface area contributed by atoms with Crippen molar-refractivity contribution in [1.82, 2.24) is 0 Å². The van der Waals surface area contributed by atoms with Crippen molar-refractivity contribution in [3.05, 3.63) is 35.9 Å². The first-order valence-corrected chi connectivity index (χ1v) is 7.11. The van der Waals surface area contributed by atoms with Gasteiger partial charge >= 0.3 is 5.97 Å². The van der Waals surface area contributed by atoms with Crippen LogP contribution in [0.5, 0.6) is 0 Å². The summed E-state index contributed by atoms with van der Waals surface area (Å²) in [5.74, 6) is -0.897. The van der Waals surface area contributed by atoms with Gasteiger partial charge < -0.3 is 19.3 Å². The van der Waals surface area contributed by atoms with E-state index in [-0.39, 0.29) is 17.9 Å². The van der Waals surface area contributed by atoms with Crippen molar-refractivity contribution < 1.29 is 24.1 Å². The number of aliphatic hydroxyl groups is 1. The molecular weight excluding hydrogens is 272 g/mol. The molecule has 1 heterocycles. The molecule has 0 aliphatic carbocycles. The van der Waals surface area contributed by atoms with Gasteiger partial charge in [-0.3, -0.25) is 0 Å². The Hall–Kier alpha value is -1.43. The molecule has 3 unspecified atom stereocenters. The molecule has 116 valence electrons. The minimum atomic E-state index is -1.04. The van der Waals surface area contributed by atoms with Gasteiger partial charge in [-0.15, -0.1) is 0 Å². The Kier molecular flexibility index (Phi) is 5.33. The van der Waals surface area contributed by atoms with Crippen LogP contribution in [0.4, 0.5) is 0 Å². The molecule has 1 aromatic carbocycles. The van der Waals surface area contributed by atoms with Gasteiger partial charge in [0, 0.05) is 11.8 Å². The number of esters is 1. The van der Waals surface area contributed by atoms with Gasteiger partial charge in [0.15, 0.2) is 12.4 Å². The van der Waals surface area contributed by atoms with Crippen molar-refractivity contribution >= 4 is 5.97 Å². The van der Waals surface area contributed by atoms with Crippen LogP contribution in [-0.4, -0.2) is 36.7 Å². The lowest BCUT2D eigenvalue weighted by Crippen LogP contribution is -2.53. The first-order valence-electron chi connectivity index (χ1n) is 7.11. The molecule has 1 aromatic rings. The van der Waals surface area contributed by atoms with E-state index in [0.29, 0.717) is 6.61 Å². The van der Waals surface area contributed by atoms with Crippen LogP contribution < -0.4 is 0 Å². The number of aliphatic hydroxyl groups excluding tert-OH is 1. The van der Waals surface area contributed by atoms with Crippen LogP contribution >= 0.6 is 0 Å². The summed E-state index contributed by atoms with van der Waals surface area (Å²) < 4.78 is 16.0. The second-order valence-corrected chi connectivity index (χ2v) is 5.45. The molecule has 0 amide bonds. The molecule has 1 aliphatic heterocycles. The summed E-state index contributed by atoms with van der Waals surface area (Å²) in [5.41, 5.74) is 1.05. The zero-order chi connectivity index (χ0) is 15.4.